The third kappa shape index (κ3) is 2.70. The highest BCUT2D eigenvalue weighted by Crippen LogP contribution is 2.08. The third-order valence-electron chi connectivity index (χ3n) is 2.06. The van der Waals surface area contributed by atoms with Crippen LogP contribution in [0.1, 0.15) is 10.6 Å². The van der Waals surface area contributed by atoms with Gasteiger partial charge in [0, 0.05) is 10.6 Å². The van der Waals surface area contributed by atoms with E-state index in [0.717, 1.165) is 21.9 Å². The lowest BCUT2D eigenvalue weighted by atomic mass is 10.4. The summed E-state index contributed by atoms with van der Waals surface area (Å²) < 4.78 is 1.45. The molecule has 0 fully saturated rings. The Morgan fingerprint density at radius 3 is 2.73 bits per heavy atom. The molecule has 1 amide bonds. The van der Waals surface area contributed by atoms with Crippen molar-refractivity contribution in [2.75, 3.05) is 6.54 Å². The van der Waals surface area contributed by atoms with Gasteiger partial charge in [-0.1, -0.05) is 17.3 Å². The van der Waals surface area contributed by atoms with Gasteiger partial charge in [-0.2, -0.15) is 0 Å². The van der Waals surface area contributed by atoms with Crippen LogP contribution in [0.4, 0.5) is 0 Å². The fourth-order valence-electron chi connectivity index (χ4n) is 1.12. The Kier molecular flexibility index (Phi) is 3.69. The summed E-state index contributed by atoms with van der Waals surface area (Å²) in [6.07, 6.45) is 5.00. The van der Waals surface area contributed by atoms with E-state index in [2.05, 4.69) is 11.2 Å². The van der Waals surface area contributed by atoms with Crippen molar-refractivity contribution in [3.63, 3.8) is 0 Å². The van der Waals surface area contributed by atoms with Crippen LogP contribution in [-0.2, 0) is 11.3 Å². The molecule has 0 saturated heterocycles. The van der Waals surface area contributed by atoms with Gasteiger partial charge < -0.3 is 5.32 Å². The number of aromatic nitrogens is 1. The SMILES string of the molecule is C#CCNC(=O)Cn1c(C)c(C)sc1=O. The molecule has 15 heavy (non-hydrogen) atoms. The maximum atomic E-state index is 11.4. The highest BCUT2D eigenvalue weighted by molar-refractivity contribution is 7.09. The van der Waals surface area contributed by atoms with Crippen LogP contribution >= 0.6 is 11.3 Å². The first kappa shape index (κ1) is 11.5. The number of rotatable bonds is 3. The fraction of sp³-hybridized carbons (Fsp3) is 0.400. The molecule has 1 N–H and O–H groups in total. The topological polar surface area (TPSA) is 51.1 Å². The molecule has 0 spiro atoms. The molecule has 0 radical (unpaired) electrons. The van der Waals surface area contributed by atoms with Gasteiger partial charge in [0.25, 0.3) is 0 Å². The van der Waals surface area contributed by atoms with E-state index in [1.807, 2.05) is 13.8 Å². The second-order valence-corrected chi connectivity index (χ2v) is 4.24. The van der Waals surface area contributed by atoms with E-state index >= 15 is 0 Å². The van der Waals surface area contributed by atoms with Crippen molar-refractivity contribution in [3.8, 4) is 12.3 Å². The van der Waals surface area contributed by atoms with E-state index in [0.29, 0.717) is 0 Å². The molecule has 1 aromatic rings. The molecule has 1 heterocycles. The highest BCUT2D eigenvalue weighted by atomic mass is 32.1. The zero-order chi connectivity index (χ0) is 11.4. The summed E-state index contributed by atoms with van der Waals surface area (Å²) in [4.78, 5) is 23.6. The second kappa shape index (κ2) is 4.80. The molecule has 0 unspecified atom stereocenters. The smallest absolute Gasteiger partial charge is 0.308 e. The van der Waals surface area contributed by atoms with Gasteiger partial charge >= 0.3 is 4.87 Å². The molecule has 80 valence electrons. The summed E-state index contributed by atoms with van der Waals surface area (Å²) >= 11 is 1.15. The largest absolute Gasteiger partial charge is 0.344 e. The normalized spacial score (nSPS) is 9.67. The van der Waals surface area contributed by atoms with E-state index < -0.39 is 0 Å². The van der Waals surface area contributed by atoms with Crippen LogP contribution in [0.25, 0.3) is 0 Å². The molecular formula is C10H12N2O2S. The predicted molar refractivity (Wildman–Crippen MR) is 59.9 cm³/mol. The minimum absolute atomic E-state index is 0.0384. The Labute approximate surface area is 91.9 Å². The zero-order valence-electron chi connectivity index (χ0n) is 8.66. The van der Waals surface area contributed by atoms with Crippen LogP contribution in [0.15, 0.2) is 4.79 Å². The van der Waals surface area contributed by atoms with Gasteiger partial charge in [-0.25, -0.2) is 0 Å². The van der Waals surface area contributed by atoms with Crippen LogP contribution < -0.4 is 10.2 Å². The van der Waals surface area contributed by atoms with Gasteiger partial charge in [0.1, 0.15) is 6.54 Å². The van der Waals surface area contributed by atoms with Crippen LogP contribution in [0, 0.1) is 26.2 Å². The Morgan fingerprint density at radius 1 is 1.60 bits per heavy atom. The number of thiazole rings is 1. The number of hydrogen-bond donors (Lipinski definition) is 1. The number of nitrogens with zero attached hydrogens (tertiary/aromatic N) is 1. The summed E-state index contributed by atoms with van der Waals surface area (Å²) in [6.45, 7) is 3.91. The molecule has 0 bridgehead atoms. The molecule has 1 rings (SSSR count). The highest BCUT2D eigenvalue weighted by Gasteiger charge is 2.10. The van der Waals surface area contributed by atoms with Crippen molar-refractivity contribution in [2.45, 2.75) is 20.4 Å². The molecule has 0 aliphatic carbocycles. The monoisotopic (exact) mass is 224 g/mol. The van der Waals surface area contributed by atoms with Crippen molar-refractivity contribution in [1.29, 1.82) is 0 Å². The van der Waals surface area contributed by atoms with Crippen LogP contribution in [0.3, 0.4) is 0 Å². The van der Waals surface area contributed by atoms with Crippen molar-refractivity contribution in [1.82, 2.24) is 9.88 Å². The molecule has 5 heteroatoms. The van der Waals surface area contributed by atoms with Gasteiger partial charge in [0.2, 0.25) is 5.91 Å². The summed E-state index contributed by atoms with van der Waals surface area (Å²) in [5.74, 6) is 2.06. The van der Waals surface area contributed by atoms with Crippen LogP contribution in [0.2, 0.25) is 0 Å². The maximum absolute atomic E-state index is 11.4. The van der Waals surface area contributed by atoms with E-state index in [1.54, 1.807) is 0 Å². The Bertz CT molecular complexity index is 465. The minimum Gasteiger partial charge on any atom is -0.344 e. The van der Waals surface area contributed by atoms with Crippen LogP contribution in [0.5, 0.6) is 0 Å². The molecule has 0 aliphatic heterocycles. The predicted octanol–water partition coefficient (Wildman–Crippen LogP) is 0.276. The lowest BCUT2D eigenvalue weighted by molar-refractivity contribution is -0.121. The average molecular weight is 224 g/mol. The van der Waals surface area contributed by atoms with Crippen molar-refractivity contribution in [2.24, 2.45) is 0 Å². The van der Waals surface area contributed by atoms with Crippen molar-refractivity contribution < 1.29 is 4.79 Å². The quantitative estimate of drug-likeness (QED) is 0.750. The lowest BCUT2D eigenvalue weighted by Crippen LogP contribution is -2.31. The van der Waals surface area contributed by atoms with E-state index in [1.165, 1.54) is 4.57 Å². The molecule has 4 nitrogen and oxygen atoms in total. The van der Waals surface area contributed by atoms with Gasteiger partial charge in [-0.15, -0.1) is 6.42 Å². The first-order valence-electron chi connectivity index (χ1n) is 4.43. The van der Waals surface area contributed by atoms with E-state index in [4.69, 9.17) is 6.42 Å². The van der Waals surface area contributed by atoms with Crippen molar-refractivity contribution >= 4 is 17.2 Å². The number of nitrogens with one attached hydrogen (secondary N) is 1. The maximum Gasteiger partial charge on any atom is 0.308 e. The number of carbonyl (C=O) groups excluding carboxylic acids is 1. The molecule has 0 aliphatic rings. The second-order valence-electron chi connectivity index (χ2n) is 3.08. The van der Waals surface area contributed by atoms with Gasteiger partial charge in [0.05, 0.1) is 6.54 Å². The average Bonchev–Trinajstić information content (AvgIpc) is 2.42. The number of carbonyl (C=O) groups is 1. The standard InChI is InChI=1S/C10H12N2O2S/c1-4-5-11-9(13)6-12-7(2)8(3)15-10(12)14/h1H,5-6H2,2-3H3,(H,11,13). The number of aryl methyl sites for hydroxylation is 1. The Balaban J connectivity index is 2.77. The summed E-state index contributed by atoms with van der Waals surface area (Å²) in [5.41, 5.74) is 0.834. The molecule has 0 atom stereocenters. The first-order chi connectivity index (χ1) is 7.06. The Morgan fingerprint density at radius 2 is 2.27 bits per heavy atom. The first-order valence-corrected chi connectivity index (χ1v) is 5.25. The molecular weight excluding hydrogens is 212 g/mol. The summed E-state index contributed by atoms with van der Waals surface area (Å²) in [7, 11) is 0. The molecule has 0 saturated carbocycles. The Hall–Kier alpha value is -1.54. The van der Waals surface area contributed by atoms with Gasteiger partial charge in [-0.05, 0) is 13.8 Å². The molecule has 1 aromatic heterocycles. The van der Waals surface area contributed by atoms with Gasteiger partial charge in [-0.3, -0.25) is 14.2 Å². The third-order valence-corrected chi connectivity index (χ3v) is 3.06. The zero-order valence-corrected chi connectivity index (χ0v) is 9.48. The summed E-state index contributed by atoms with van der Waals surface area (Å²) in [6, 6.07) is 0. The van der Waals surface area contributed by atoms with E-state index in [-0.39, 0.29) is 23.9 Å². The fourth-order valence-corrected chi connectivity index (χ4v) is 1.95. The van der Waals surface area contributed by atoms with E-state index in [9.17, 15) is 9.59 Å². The van der Waals surface area contributed by atoms with Gasteiger partial charge in [0.15, 0.2) is 0 Å². The minimum atomic E-state index is -0.240. The molecule has 0 aromatic carbocycles. The van der Waals surface area contributed by atoms with Crippen LogP contribution in [-0.4, -0.2) is 17.0 Å². The summed E-state index contributed by atoms with van der Waals surface area (Å²) in [5, 5.41) is 2.51. The number of terminal acetylenes is 1. The number of hydrogen-bond acceptors (Lipinski definition) is 3. The number of amides is 1. The van der Waals surface area contributed by atoms with Crippen molar-refractivity contribution in [3.05, 3.63) is 20.2 Å². The lowest BCUT2D eigenvalue weighted by Gasteiger charge is -2.04.